The predicted octanol–water partition coefficient (Wildman–Crippen LogP) is 6.27. The number of amidine groups is 1. The average molecular weight is 535 g/mol. The van der Waals surface area contributed by atoms with E-state index in [0.717, 1.165) is 28.0 Å². The second kappa shape index (κ2) is 10.5. The predicted molar refractivity (Wildman–Crippen MR) is 147 cm³/mol. The molecular weight excluding hydrogens is 511 g/mol. The number of carbonyl (C=O) groups excluding carboxylic acids is 2. The number of rotatable bonds is 5. The maximum atomic E-state index is 13.5. The summed E-state index contributed by atoms with van der Waals surface area (Å²) in [5.41, 5.74) is 5.23. The Hall–Kier alpha value is -3.49. The molecule has 2 heterocycles. The Labute approximate surface area is 223 Å². The number of nitrogens with one attached hydrogen (secondary N) is 1. The third-order valence-corrected chi connectivity index (χ3v) is 7.85. The maximum absolute atomic E-state index is 13.5. The normalized spacial score (nSPS) is 19.1. The lowest BCUT2D eigenvalue weighted by atomic mass is 9.98. The lowest BCUT2D eigenvalue weighted by Gasteiger charge is -2.23. The molecule has 2 atom stereocenters. The quantitative estimate of drug-likeness (QED) is 0.418. The molecule has 2 amide bonds. The zero-order valence-electron chi connectivity index (χ0n) is 20.2. The van der Waals surface area contributed by atoms with Gasteiger partial charge in [-0.3, -0.25) is 9.59 Å². The van der Waals surface area contributed by atoms with Crippen LogP contribution in [-0.4, -0.2) is 33.0 Å². The summed E-state index contributed by atoms with van der Waals surface area (Å²) in [6.07, 6.45) is 0.543. The molecule has 6 nitrogen and oxygen atoms in total. The largest absolute Gasteiger partial charge is 0.326 e. The number of anilines is 1. The van der Waals surface area contributed by atoms with E-state index in [1.807, 2.05) is 44.2 Å². The first kappa shape index (κ1) is 25.2. The van der Waals surface area contributed by atoms with Crippen LogP contribution in [0.1, 0.15) is 41.1 Å². The lowest BCUT2D eigenvalue weighted by molar-refractivity contribution is -0.121. The minimum Gasteiger partial charge on any atom is -0.326 e. The van der Waals surface area contributed by atoms with E-state index in [2.05, 4.69) is 10.3 Å². The number of hydrazone groups is 1. The van der Waals surface area contributed by atoms with E-state index >= 15 is 0 Å². The van der Waals surface area contributed by atoms with Gasteiger partial charge in [-0.15, -0.1) is 0 Å². The third kappa shape index (κ3) is 5.60. The smallest absolute Gasteiger partial charge is 0.262 e. The second-order valence-electron chi connectivity index (χ2n) is 9.08. The van der Waals surface area contributed by atoms with E-state index in [9.17, 15) is 14.0 Å². The highest BCUT2D eigenvalue weighted by Gasteiger charge is 2.39. The Balaban J connectivity index is 1.34. The first-order valence-corrected chi connectivity index (χ1v) is 13.1. The van der Waals surface area contributed by atoms with Gasteiger partial charge in [-0.25, -0.2) is 9.40 Å². The van der Waals surface area contributed by atoms with Crippen LogP contribution in [0.5, 0.6) is 0 Å². The van der Waals surface area contributed by atoms with Crippen LogP contribution in [0.15, 0.2) is 76.8 Å². The highest BCUT2D eigenvalue weighted by atomic mass is 35.5. The number of carbonyl (C=O) groups is 2. The van der Waals surface area contributed by atoms with Crippen LogP contribution in [-0.2, 0) is 9.59 Å². The van der Waals surface area contributed by atoms with Crippen molar-refractivity contribution in [1.82, 2.24) is 5.01 Å². The first-order chi connectivity index (χ1) is 17.8. The van der Waals surface area contributed by atoms with Gasteiger partial charge in [0.05, 0.1) is 11.8 Å². The molecule has 5 rings (SSSR count). The molecule has 188 valence electrons. The van der Waals surface area contributed by atoms with E-state index in [1.165, 1.54) is 23.9 Å². The number of hydrogen-bond donors (Lipinski definition) is 1. The van der Waals surface area contributed by atoms with Gasteiger partial charge in [0.15, 0.2) is 5.17 Å². The number of aliphatic imine (C=N–C) groups is 1. The Bertz CT molecular complexity index is 1420. The molecule has 37 heavy (non-hydrogen) atoms. The van der Waals surface area contributed by atoms with E-state index in [1.54, 1.807) is 29.3 Å². The fourth-order valence-electron chi connectivity index (χ4n) is 4.21. The van der Waals surface area contributed by atoms with Crippen LogP contribution in [0.3, 0.4) is 0 Å². The average Bonchev–Trinajstić information content (AvgIpc) is 3.46. The summed E-state index contributed by atoms with van der Waals surface area (Å²) in [6, 6.07) is 19.4. The summed E-state index contributed by atoms with van der Waals surface area (Å²) in [4.78, 5) is 29.7. The SMILES string of the molecule is Cc1ccc([C@H]2CC(c3ccc(F)cc3)=NN2C2=NC(=O)[C@@H](CC(=O)Nc3ccc(C)c(Cl)c3)S2)cc1. The Morgan fingerprint density at radius 1 is 1.11 bits per heavy atom. The minimum absolute atomic E-state index is 0.0282. The van der Waals surface area contributed by atoms with E-state index in [0.29, 0.717) is 22.3 Å². The van der Waals surface area contributed by atoms with Crippen LogP contribution in [0.4, 0.5) is 10.1 Å². The number of amides is 2. The van der Waals surface area contributed by atoms with Crippen molar-refractivity contribution in [2.45, 2.75) is 38.0 Å². The molecular formula is C28H24ClFN4O2S. The summed E-state index contributed by atoms with van der Waals surface area (Å²) in [7, 11) is 0. The van der Waals surface area contributed by atoms with Crippen molar-refractivity contribution in [3.8, 4) is 0 Å². The number of thioether (sulfide) groups is 1. The van der Waals surface area contributed by atoms with Gasteiger partial charge in [-0.05, 0) is 54.8 Å². The molecule has 2 aliphatic rings. The fraction of sp³-hybridized carbons (Fsp3) is 0.214. The van der Waals surface area contributed by atoms with Gasteiger partial charge >= 0.3 is 0 Å². The number of nitrogens with zero attached hydrogens (tertiary/aromatic N) is 3. The van der Waals surface area contributed by atoms with Crippen molar-refractivity contribution in [1.29, 1.82) is 0 Å². The molecule has 0 fully saturated rings. The number of benzene rings is 3. The molecule has 0 bridgehead atoms. The fourth-order valence-corrected chi connectivity index (χ4v) is 5.45. The van der Waals surface area contributed by atoms with Crippen molar-refractivity contribution < 1.29 is 14.0 Å². The standard InChI is InChI=1S/C28H24ClFN4O2S/c1-16-3-6-19(7-4-16)24-14-23(18-8-10-20(30)11-9-18)33-34(24)28-32-27(36)25(37-28)15-26(35)31-21-12-5-17(2)22(29)13-21/h3-13,24-25H,14-15H2,1-2H3,(H,31,35)/t24-,25-/m1/s1. The first-order valence-electron chi connectivity index (χ1n) is 11.8. The number of aryl methyl sites for hydroxylation is 2. The van der Waals surface area contributed by atoms with E-state index in [4.69, 9.17) is 16.7 Å². The molecule has 0 spiro atoms. The summed E-state index contributed by atoms with van der Waals surface area (Å²) in [5.74, 6) is -0.982. The number of hydrogen-bond acceptors (Lipinski definition) is 5. The molecule has 0 saturated heterocycles. The van der Waals surface area contributed by atoms with Crippen LogP contribution in [0.25, 0.3) is 0 Å². The third-order valence-electron chi connectivity index (χ3n) is 6.30. The highest BCUT2D eigenvalue weighted by Crippen LogP contribution is 2.38. The molecule has 0 radical (unpaired) electrons. The van der Waals surface area contributed by atoms with Gasteiger partial charge in [0.1, 0.15) is 11.1 Å². The molecule has 0 aromatic heterocycles. The maximum Gasteiger partial charge on any atom is 0.262 e. The van der Waals surface area contributed by atoms with Crippen molar-refractivity contribution in [2.75, 3.05) is 5.32 Å². The topological polar surface area (TPSA) is 74.1 Å². The van der Waals surface area contributed by atoms with Gasteiger partial charge in [-0.2, -0.15) is 10.1 Å². The summed E-state index contributed by atoms with van der Waals surface area (Å²) < 4.78 is 13.5. The van der Waals surface area contributed by atoms with Crippen molar-refractivity contribution >= 4 is 51.7 Å². The van der Waals surface area contributed by atoms with Crippen LogP contribution in [0.2, 0.25) is 5.02 Å². The Kier molecular flexibility index (Phi) is 7.13. The van der Waals surface area contributed by atoms with E-state index < -0.39 is 5.25 Å². The van der Waals surface area contributed by atoms with Gasteiger partial charge < -0.3 is 5.32 Å². The zero-order valence-corrected chi connectivity index (χ0v) is 21.8. The van der Waals surface area contributed by atoms with E-state index in [-0.39, 0.29) is 30.1 Å². The molecule has 3 aromatic rings. The van der Waals surface area contributed by atoms with Gasteiger partial charge in [-0.1, -0.05) is 71.4 Å². The molecule has 0 saturated carbocycles. The molecule has 1 N–H and O–H groups in total. The molecule has 0 aliphatic carbocycles. The Morgan fingerprint density at radius 2 is 1.84 bits per heavy atom. The van der Waals surface area contributed by atoms with Gasteiger partial charge in [0, 0.05) is 23.6 Å². The summed E-state index contributed by atoms with van der Waals surface area (Å²) in [5, 5.41) is 9.70. The minimum atomic E-state index is -0.653. The molecule has 2 aliphatic heterocycles. The highest BCUT2D eigenvalue weighted by molar-refractivity contribution is 8.15. The Morgan fingerprint density at radius 3 is 2.54 bits per heavy atom. The molecule has 9 heteroatoms. The van der Waals surface area contributed by atoms with Crippen molar-refractivity contribution in [3.63, 3.8) is 0 Å². The zero-order chi connectivity index (χ0) is 26.1. The van der Waals surface area contributed by atoms with Gasteiger partial charge in [0.25, 0.3) is 5.91 Å². The second-order valence-corrected chi connectivity index (χ2v) is 10.7. The molecule has 3 aromatic carbocycles. The monoisotopic (exact) mass is 534 g/mol. The van der Waals surface area contributed by atoms with Crippen LogP contribution in [0, 0.1) is 19.7 Å². The lowest BCUT2D eigenvalue weighted by Crippen LogP contribution is -2.25. The summed E-state index contributed by atoms with van der Waals surface area (Å²) >= 11 is 7.39. The summed E-state index contributed by atoms with van der Waals surface area (Å²) in [6.45, 7) is 3.90. The van der Waals surface area contributed by atoms with Gasteiger partial charge in [0.2, 0.25) is 5.91 Å². The number of halogens is 2. The van der Waals surface area contributed by atoms with Crippen LogP contribution < -0.4 is 5.32 Å². The van der Waals surface area contributed by atoms with Crippen molar-refractivity contribution in [3.05, 3.63) is 99.8 Å². The van der Waals surface area contributed by atoms with Crippen LogP contribution >= 0.6 is 23.4 Å². The van der Waals surface area contributed by atoms with Crippen molar-refractivity contribution in [2.24, 2.45) is 10.1 Å². The molecule has 0 unspecified atom stereocenters.